The number of aliphatic hydroxyl groups is 1. The summed E-state index contributed by atoms with van der Waals surface area (Å²) in [5.41, 5.74) is 2.23. The van der Waals surface area contributed by atoms with Crippen molar-refractivity contribution >= 4 is 23.0 Å². The van der Waals surface area contributed by atoms with E-state index in [4.69, 9.17) is 4.74 Å². The van der Waals surface area contributed by atoms with Crippen LogP contribution in [0, 0.1) is 6.92 Å². The summed E-state index contributed by atoms with van der Waals surface area (Å²) in [6, 6.07) is 16.2. The van der Waals surface area contributed by atoms with E-state index in [0.29, 0.717) is 46.5 Å². The molecule has 1 N–H and O–H groups in total. The minimum Gasteiger partial charge on any atom is -0.503 e. The number of aromatic nitrogens is 1. The molecule has 4 rings (SSSR count). The van der Waals surface area contributed by atoms with Crippen LogP contribution in [0.15, 0.2) is 78.6 Å². The van der Waals surface area contributed by atoms with Crippen molar-refractivity contribution in [3.63, 3.8) is 0 Å². The van der Waals surface area contributed by atoms with Crippen LogP contribution >= 0.6 is 11.3 Å². The third-order valence-corrected chi connectivity index (χ3v) is 7.32. The molecule has 8 heteroatoms. The van der Waals surface area contributed by atoms with Crippen molar-refractivity contribution in [2.45, 2.75) is 19.4 Å². The van der Waals surface area contributed by atoms with Gasteiger partial charge in [0.15, 0.2) is 5.76 Å². The number of hydrogen-bond donors (Lipinski definition) is 1. The molecule has 3 aromatic rings. The minimum atomic E-state index is -0.740. The first-order valence-electron chi connectivity index (χ1n) is 12.1. The third kappa shape index (κ3) is 5.65. The summed E-state index contributed by atoms with van der Waals surface area (Å²) in [6.07, 6.45) is 2.34. The lowest BCUT2D eigenvalue weighted by molar-refractivity contribution is -0.129. The van der Waals surface area contributed by atoms with Gasteiger partial charge >= 0.3 is 0 Å². The first-order valence-corrected chi connectivity index (χ1v) is 12.9. The van der Waals surface area contributed by atoms with Gasteiger partial charge in [0.2, 0.25) is 5.78 Å². The van der Waals surface area contributed by atoms with Gasteiger partial charge in [-0.1, -0.05) is 55.1 Å². The van der Waals surface area contributed by atoms with Gasteiger partial charge in [-0.3, -0.25) is 9.59 Å². The Morgan fingerprint density at radius 1 is 1.22 bits per heavy atom. The van der Waals surface area contributed by atoms with E-state index in [1.807, 2.05) is 67.5 Å². The van der Waals surface area contributed by atoms with Crippen LogP contribution in [0.4, 0.5) is 0 Å². The monoisotopic (exact) mass is 517 g/mol. The van der Waals surface area contributed by atoms with Crippen molar-refractivity contribution in [2.75, 3.05) is 33.8 Å². The number of hydrogen-bond acceptors (Lipinski definition) is 7. The average molecular weight is 518 g/mol. The topological polar surface area (TPSA) is 83.0 Å². The molecule has 0 saturated heterocycles. The van der Waals surface area contributed by atoms with Crippen LogP contribution < -0.4 is 4.74 Å². The summed E-state index contributed by atoms with van der Waals surface area (Å²) in [6.45, 7) is 6.94. The average Bonchev–Trinajstić information content (AvgIpc) is 3.40. The van der Waals surface area contributed by atoms with Crippen molar-refractivity contribution in [3.05, 3.63) is 94.7 Å². The highest BCUT2D eigenvalue weighted by atomic mass is 32.1. The van der Waals surface area contributed by atoms with E-state index in [9.17, 15) is 14.7 Å². The molecule has 1 amide bonds. The van der Waals surface area contributed by atoms with E-state index >= 15 is 0 Å². The van der Waals surface area contributed by atoms with Gasteiger partial charge in [0.25, 0.3) is 5.91 Å². The fourth-order valence-corrected chi connectivity index (χ4v) is 5.41. The molecule has 1 aliphatic heterocycles. The molecule has 0 fully saturated rings. The fraction of sp³-hybridized carbons (Fsp3) is 0.276. The second-order valence-corrected chi connectivity index (χ2v) is 10.1. The molecule has 2 aromatic carbocycles. The van der Waals surface area contributed by atoms with Gasteiger partial charge < -0.3 is 19.6 Å². The summed E-state index contributed by atoms with van der Waals surface area (Å²) in [5.74, 6) is -0.849. The Kier molecular flexibility index (Phi) is 8.21. The first-order chi connectivity index (χ1) is 17.8. The quantitative estimate of drug-likeness (QED) is 0.278. The SMILES string of the molecule is C=CCOc1cccc(C2C(C(=O)c3sc(-c4ccccc4)nc3C)=C(O)C(=O)N2CCCN(C)C)c1. The van der Waals surface area contributed by atoms with E-state index in [-0.39, 0.29) is 11.4 Å². The smallest absolute Gasteiger partial charge is 0.290 e. The number of Topliss-reactive ketones (excluding diaryl/α,β-unsaturated/α-hetero) is 1. The van der Waals surface area contributed by atoms with Crippen molar-refractivity contribution in [1.29, 1.82) is 0 Å². The van der Waals surface area contributed by atoms with Gasteiger partial charge in [0, 0.05) is 12.1 Å². The lowest BCUT2D eigenvalue weighted by Gasteiger charge is -2.27. The molecule has 0 bridgehead atoms. The Bertz CT molecular complexity index is 1330. The largest absolute Gasteiger partial charge is 0.503 e. The summed E-state index contributed by atoms with van der Waals surface area (Å²) in [5, 5.41) is 11.7. The number of thiazole rings is 1. The van der Waals surface area contributed by atoms with Gasteiger partial charge in [-0.15, -0.1) is 11.3 Å². The highest BCUT2D eigenvalue weighted by molar-refractivity contribution is 7.17. The van der Waals surface area contributed by atoms with Crippen molar-refractivity contribution in [3.8, 4) is 16.3 Å². The molecule has 192 valence electrons. The number of carbonyl (C=O) groups excluding carboxylic acids is 2. The summed E-state index contributed by atoms with van der Waals surface area (Å²) < 4.78 is 5.71. The lowest BCUT2D eigenvalue weighted by atomic mass is 9.95. The molecule has 37 heavy (non-hydrogen) atoms. The van der Waals surface area contributed by atoms with Crippen LogP contribution in [0.3, 0.4) is 0 Å². The van der Waals surface area contributed by atoms with E-state index in [0.717, 1.165) is 12.1 Å². The summed E-state index contributed by atoms with van der Waals surface area (Å²) >= 11 is 1.27. The summed E-state index contributed by atoms with van der Waals surface area (Å²) in [7, 11) is 3.93. The first kappa shape index (κ1) is 26.3. The number of aryl methyl sites for hydroxylation is 1. The Morgan fingerprint density at radius 3 is 2.68 bits per heavy atom. The van der Waals surface area contributed by atoms with Crippen LogP contribution in [0.5, 0.6) is 5.75 Å². The number of ether oxygens (including phenoxy) is 1. The Morgan fingerprint density at radius 2 is 1.97 bits per heavy atom. The number of benzene rings is 2. The molecule has 1 atom stereocenters. The second-order valence-electron chi connectivity index (χ2n) is 9.12. The standard InChI is InChI=1S/C29H31N3O4S/c1-5-17-36-22-14-9-13-21(18-22)24-23(26(34)29(35)32(24)16-10-15-31(3)4)25(33)27-19(2)30-28(37-27)20-11-7-6-8-12-20/h5-9,11-14,18,24,34H,1,10,15-17H2,2-4H3. The van der Waals surface area contributed by atoms with Gasteiger partial charge in [-0.25, -0.2) is 4.98 Å². The van der Waals surface area contributed by atoms with E-state index in [1.54, 1.807) is 24.0 Å². The molecule has 0 radical (unpaired) electrons. The zero-order valence-corrected chi connectivity index (χ0v) is 22.1. The van der Waals surface area contributed by atoms with Crippen LogP contribution in [-0.2, 0) is 4.79 Å². The molecule has 0 saturated carbocycles. The molecule has 1 unspecified atom stereocenters. The zero-order valence-electron chi connectivity index (χ0n) is 21.3. The number of amides is 1. The number of nitrogens with zero attached hydrogens (tertiary/aromatic N) is 3. The maximum absolute atomic E-state index is 14.0. The van der Waals surface area contributed by atoms with Crippen molar-refractivity contribution in [1.82, 2.24) is 14.8 Å². The molecule has 2 heterocycles. The second kappa shape index (κ2) is 11.5. The fourth-order valence-electron chi connectivity index (χ4n) is 4.38. The van der Waals surface area contributed by atoms with Crippen LogP contribution in [0.25, 0.3) is 10.6 Å². The maximum Gasteiger partial charge on any atom is 0.290 e. The van der Waals surface area contributed by atoms with Gasteiger partial charge in [-0.05, 0) is 51.7 Å². The zero-order chi connectivity index (χ0) is 26.5. The minimum absolute atomic E-state index is 0.0714. The summed E-state index contributed by atoms with van der Waals surface area (Å²) in [4.78, 5) is 35.9. The highest BCUT2D eigenvalue weighted by Gasteiger charge is 2.44. The molecule has 7 nitrogen and oxygen atoms in total. The van der Waals surface area contributed by atoms with E-state index in [1.165, 1.54) is 11.3 Å². The van der Waals surface area contributed by atoms with Gasteiger partial charge in [0.05, 0.1) is 22.2 Å². The normalized spacial score (nSPS) is 15.5. The number of ketones is 1. The van der Waals surface area contributed by atoms with E-state index in [2.05, 4.69) is 11.6 Å². The molecule has 1 aliphatic rings. The van der Waals surface area contributed by atoms with Crippen LogP contribution in [-0.4, -0.2) is 65.4 Å². The van der Waals surface area contributed by atoms with Crippen LogP contribution in [0.1, 0.15) is 33.4 Å². The predicted molar refractivity (Wildman–Crippen MR) is 146 cm³/mol. The third-order valence-electron chi connectivity index (χ3n) is 6.12. The number of carbonyl (C=O) groups is 2. The number of rotatable bonds is 11. The Labute approximate surface area is 221 Å². The molecule has 0 spiro atoms. The lowest BCUT2D eigenvalue weighted by Crippen LogP contribution is -2.33. The highest BCUT2D eigenvalue weighted by Crippen LogP contribution is 2.41. The molecule has 1 aromatic heterocycles. The van der Waals surface area contributed by atoms with Crippen molar-refractivity contribution in [2.24, 2.45) is 0 Å². The molecular weight excluding hydrogens is 486 g/mol. The number of aliphatic hydroxyl groups excluding tert-OH is 1. The predicted octanol–water partition coefficient (Wildman–Crippen LogP) is 5.21. The Balaban J connectivity index is 1.74. The van der Waals surface area contributed by atoms with Gasteiger partial charge in [0.1, 0.15) is 17.4 Å². The maximum atomic E-state index is 14.0. The van der Waals surface area contributed by atoms with Gasteiger partial charge in [-0.2, -0.15) is 0 Å². The molecule has 0 aliphatic carbocycles. The Hall–Kier alpha value is -3.75. The van der Waals surface area contributed by atoms with Crippen LogP contribution in [0.2, 0.25) is 0 Å². The van der Waals surface area contributed by atoms with E-state index < -0.39 is 17.7 Å². The molecular formula is C29H31N3O4S. The van der Waals surface area contributed by atoms with Crippen molar-refractivity contribution < 1.29 is 19.4 Å².